The summed E-state index contributed by atoms with van der Waals surface area (Å²) in [7, 11) is 0. The molecule has 4 N–H and O–H groups in total. The molecule has 3 amide bonds. The Hall–Kier alpha value is -3.87. The van der Waals surface area contributed by atoms with Crippen molar-refractivity contribution in [2.24, 2.45) is 5.73 Å². The first-order valence-electron chi connectivity index (χ1n) is 8.14. The summed E-state index contributed by atoms with van der Waals surface area (Å²) in [6, 6.07) is 17.2. The predicted octanol–water partition coefficient (Wildman–Crippen LogP) is 2.49. The number of amides is 3. The van der Waals surface area contributed by atoms with Gasteiger partial charge in [-0.25, -0.2) is 0 Å². The normalized spacial score (nSPS) is 11.4. The number of anilines is 1. The van der Waals surface area contributed by atoms with E-state index in [4.69, 9.17) is 10.2 Å². The minimum atomic E-state index is -0.933. The fourth-order valence-corrected chi connectivity index (χ4v) is 2.48. The van der Waals surface area contributed by atoms with E-state index in [0.717, 1.165) is 0 Å². The van der Waals surface area contributed by atoms with E-state index in [1.165, 1.54) is 18.4 Å². The first-order chi connectivity index (χ1) is 13.0. The lowest BCUT2D eigenvalue weighted by molar-refractivity contribution is -0.120. The fraction of sp³-hybridized carbons (Fsp3) is 0.0500. The Morgan fingerprint density at radius 2 is 1.56 bits per heavy atom. The van der Waals surface area contributed by atoms with Gasteiger partial charge in [-0.05, 0) is 42.0 Å². The van der Waals surface area contributed by atoms with E-state index in [9.17, 15) is 14.4 Å². The maximum absolute atomic E-state index is 12.4. The number of hydrogen-bond donors (Lipinski definition) is 3. The molecule has 1 heterocycles. The standard InChI is InChI=1S/C20H17N3O4/c21-18(24)17(13-5-2-1-3-6-13)23-19(25)14-8-10-15(11-9-14)22-20(26)16-7-4-12-27-16/h1-12,17H,(H2,21,24)(H,22,26)(H,23,25). The number of hydrogen-bond acceptors (Lipinski definition) is 4. The summed E-state index contributed by atoms with van der Waals surface area (Å²) in [5.74, 6) is -1.32. The summed E-state index contributed by atoms with van der Waals surface area (Å²) >= 11 is 0. The molecular formula is C20H17N3O4. The zero-order chi connectivity index (χ0) is 19.2. The molecule has 0 aliphatic carbocycles. The highest BCUT2D eigenvalue weighted by atomic mass is 16.3. The summed E-state index contributed by atoms with van der Waals surface area (Å²) in [6.45, 7) is 0. The molecule has 0 spiro atoms. The number of rotatable bonds is 6. The Labute approximate surface area is 155 Å². The third kappa shape index (κ3) is 4.40. The van der Waals surface area contributed by atoms with E-state index < -0.39 is 23.8 Å². The Balaban J connectivity index is 1.68. The molecule has 3 aromatic rings. The Morgan fingerprint density at radius 1 is 0.852 bits per heavy atom. The van der Waals surface area contributed by atoms with Crippen LogP contribution in [0.3, 0.4) is 0 Å². The van der Waals surface area contributed by atoms with E-state index in [1.807, 2.05) is 0 Å². The molecule has 0 fully saturated rings. The van der Waals surface area contributed by atoms with Gasteiger partial charge < -0.3 is 20.8 Å². The van der Waals surface area contributed by atoms with Gasteiger partial charge in [-0.1, -0.05) is 30.3 Å². The molecule has 7 heteroatoms. The molecule has 0 aliphatic rings. The second kappa shape index (κ2) is 8.01. The zero-order valence-corrected chi connectivity index (χ0v) is 14.2. The van der Waals surface area contributed by atoms with Crippen molar-refractivity contribution < 1.29 is 18.8 Å². The molecule has 0 bridgehead atoms. The first kappa shape index (κ1) is 17.9. The van der Waals surface area contributed by atoms with Gasteiger partial charge in [0.1, 0.15) is 6.04 Å². The highest BCUT2D eigenvalue weighted by Gasteiger charge is 2.20. The zero-order valence-electron chi connectivity index (χ0n) is 14.2. The smallest absolute Gasteiger partial charge is 0.291 e. The van der Waals surface area contributed by atoms with Crippen LogP contribution in [0.25, 0.3) is 0 Å². The second-order valence-electron chi connectivity index (χ2n) is 5.73. The maximum Gasteiger partial charge on any atom is 0.291 e. The number of furan rings is 1. The van der Waals surface area contributed by atoms with Crippen LogP contribution in [0.15, 0.2) is 77.4 Å². The van der Waals surface area contributed by atoms with Crippen LogP contribution < -0.4 is 16.4 Å². The largest absolute Gasteiger partial charge is 0.459 e. The van der Waals surface area contributed by atoms with Crippen molar-refractivity contribution in [3.63, 3.8) is 0 Å². The van der Waals surface area contributed by atoms with Crippen LogP contribution in [0.2, 0.25) is 0 Å². The lowest BCUT2D eigenvalue weighted by Crippen LogP contribution is -2.37. The quantitative estimate of drug-likeness (QED) is 0.624. The van der Waals surface area contributed by atoms with Gasteiger partial charge in [0.2, 0.25) is 5.91 Å². The number of carbonyl (C=O) groups is 3. The van der Waals surface area contributed by atoms with Crippen molar-refractivity contribution in [1.82, 2.24) is 5.32 Å². The molecular weight excluding hydrogens is 346 g/mol. The van der Waals surface area contributed by atoms with E-state index in [1.54, 1.807) is 54.6 Å². The number of nitrogens with two attached hydrogens (primary N) is 1. The minimum Gasteiger partial charge on any atom is -0.459 e. The van der Waals surface area contributed by atoms with Gasteiger partial charge in [-0.3, -0.25) is 14.4 Å². The van der Waals surface area contributed by atoms with Crippen LogP contribution in [0.4, 0.5) is 5.69 Å². The van der Waals surface area contributed by atoms with Gasteiger partial charge in [0.15, 0.2) is 5.76 Å². The number of benzene rings is 2. The van der Waals surface area contributed by atoms with Crippen molar-refractivity contribution in [3.8, 4) is 0 Å². The molecule has 7 nitrogen and oxygen atoms in total. The molecule has 3 rings (SSSR count). The Bertz CT molecular complexity index is 935. The third-order valence-electron chi connectivity index (χ3n) is 3.84. The molecule has 0 saturated carbocycles. The van der Waals surface area contributed by atoms with E-state index >= 15 is 0 Å². The minimum absolute atomic E-state index is 0.184. The van der Waals surface area contributed by atoms with E-state index in [-0.39, 0.29) is 5.76 Å². The van der Waals surface area contributed by atoms with Gasteiger partial charge >= 0.3 is 0 Å². The number of nitrogens with one attached hydrogen (secondary N) is 2. The third-order valence-corrected chi connectivity index (χ3v) is 3.84. The topological polar surface area (TPSA) is 114 Å². The second-order valence-corrected chi connectivity index (χ2v) is 5.73. The summed E-state index contributed by atoms with van der Waals surface area (Å²) in [5.41, 5.74) is 6.84. The SMILES string of the molecule is NC(=O)C(NC(=O)c1ccc(NC(=O)c2ccco2)cc1)c1ccccc1. The highest BCUT2D eigenvalue weighted by Crippen LogP contribution is 2.15. The van der Waals surface area contributed by atoms with Gasteiger partial charge in [0.05, 0.1) is 6.26 Å². The van der Waals surface area contributed by atoms with Crippen molar-refractivity contribution >= 4 is 23.4 Å². The molecule has 0 radical (unpaired) electrons. The first-order valence-corrected chi connectivity index (χ1v) is 8.14. The molecule has 2 aromatic carbocycles. The van der Waals surface area contributed by atoms with E-state index in [2.05, 4.69) is 10.6 Å². The average molecular weight is 363 g/mol. The van der Waals surface area contributed by atoms with Crippen LogP contribution in [-0.2, 0) is 4.79 Å². The van der Waals surface area contributed by atoms with Crippen LogP contribution >= 0.6 is 0 Å². The van der Waals surface area contributed by atoms with Gasteiger partial charge in [0.25, 0.3) is 11.8 Å². The van der Waals surface area contributed by atoms with Gasteiger partial charge in [0, 0.05) is 11.3 Å². The molecule has 27 heavy (non-hydrogen) atoms. The fourth-order valence-electron chi connectivity index (χ4n) is 2.48. The summed E-state index contributed by atoms with van der Waals surface area (Å²) in [5, 5.41) is 5.27. The average Bonchev–Trinajstić information content (AvgIpc) is 3.22. The van der Waals surface area contributed by atoms with Crippen molar-refractivity contribution in [2.45, 2.75) is 6.04 Å². The molecule has 1 unspecified atom stereocenters. The van der Waals surface area contributed by atoms with E-state index in [0.29, 0.717) is 16.8 Å². The Kier molecular flexibility index (Phi) is 5.32. The summed E-state index contributed by atoms with van der Waals surface area (Å²) in [6.07, 6.45) is 1.41. The molecule has 0 aliphatic heterocycles. The highest BCUT2D eigenvalue weighted by molar-refractivity contribution is 6.03. The van der Waals surface area contributed by atoms with Crippen LogP contribution in [0, 0.1) is 0 Å². The number of primary amides is 1. The summed E-state index contributed by atoms with van der Waals surface area (Å²) in [4.78, 5) is 36.1. The summed E-state index contributed by atoms with van der Waals surface area (Å²) < 4.78 is 5.02. The van der Waals surface area contributed by atoms with Crippen molar-refractivity contribution in [3.05, 3.63) is 89.9 Å². The molecule has 1 atom stereocenters. The number of carbonyl (C=O) groups excluding carboxylic acids is 3. The van der Waals surface area contributed by atoms with Gasteiger partial charge in [-0.2, -0.15) is 0 Å². The van der Waals surface area contributed by atoms with Crippen molar-refractivity contribution in [2.75, 3.05) is 5.32 Å². The van der Waals surface area contributed by atoms with Gasteiger partial charge in [-0.15, -0.1) is 0 Å². The lowest BCUT2D eigenvalue weighted by atomic mass is 10.1. The monoisotopic (exact) mass is 363 g/mol. The van der Waals surface area contributed by atoms with Crippen molar-refractivity contribution in [1.29, 1.82) is 0 Å². The van der Waals surface area contributed by atoms with Crippen LogP contribution in [0.1, 0.15) is 32.5 Å². The predicted molar refractivity (Wildman–Crippen MR) is 98.9 cm³/mol. The Morgan fingerprint density at radius 3 is 2.15 bits per heavy atom. The molecule has 1 aromatic heterocycles. The van der Waals surface area contributed by atoms with Crippen LogP contribution in [0.5, 0.6) is 0 Å². The lowest BCUT2D eigenvalue weighted by Gasteiger charge is -2.16. The molecule has 136 valence electrons. The van der Waals surface area contributed by atoms with Crippen LogP contribution in [-0.4, -0.2) is 17.7 Å². The maximum atomic E-state index is 12.4. The molecule has 0 saturated heterocycles.